The monoisotopic (exact) mass is 378 g/mol. The average Bonchev–Trinajstić information content (AvgIpc) is 3.43. The van der Waals surface area contributed by atoms with Gasteiger partial charge in [0.15, 0.2) is 0 Å². The van der Waals surface area contributed by atoms with Crippen LogP contribution >= 0.6 is 0 Å². The zero-order valence-corrected chi connectivity index (χ0v) is 16.0. The van der Waals surface area contributed by atoms with E-state index in [0.717, 1.165) is 37.6 Å². The summed E-state index contributed by atoms with van der Waals surface area (Å²) in [6, 6.07) is 15.3. The molecule has 4 rings (SSSR count). The summed E-state index contributed by atoms with van der Waals surface area (Å²) in [6.07, 6.45) is 4.88. The Morgan fingerprint density at radius 3 is 1.21 bits per heavy atom. The number of nitrogens with zero attached hydrogens (tertiary/aromatic N) is 2. The van der Waals surface area contributed by atoms with E-state index in [1.54, 1.807) is 0 Å². The maximum Gasteiger partial charge on any atom is 0.314 e. The van der Waals surface area contributed by atoms with Crippen molar-refractivity contribution in [2.45, 2.75) is 25.7 Å². The summed E-state index contributed by atoms with van der Waals surface area (Å²) in [5.41, 5.74) is 3.54. The molecule has 2 aliphatic heterocycles. The van der Waals surface area contributed by atoms with E-state index in [-0.39, 0.29) is 0 Å². The molecule has 0 radical (unpaired) electrons. The van der Waals surface area contributed by atoms with Crippen molar-refractivity contribution < 1.29 is 9.59 Å². The van der Waals surface area contributed by atoms with Crippen molar-refractivity contribution in [1.82, 2.24) is 0 Å². The maximum atomic E-state index is 12.2. The normalized spacial score (nSPS) is 16.3. The standard InChI is InChI=1S/C22H26N4O2/c27-21(23-17-5-9-19(10-6-17)25-13-1-2-14-25)22(28)24-18-7-11-20(12-8-18)26-15-3-4-16-26/h5-12H,1-4,13-16H2,(H,23,27)(H,24,28). The number of hydrogen-bond acceptors (Lipinski definition) is 4. The largest absolute Gasteiger partial charge is 0.372 e. The minimum Gasteiger partial charge on any atom is -0.372 e. The molecular formula is C22H26N4O2. The predicted octanol–water partition coefficient (Wildman–Crippen LogP) is 3.46. The van der Waals surface area contributed by atoms with E-state index < -0.39 is 11.8 Å². The van der Waals surface area contributed by atoms with Gasteiger partial charge in [-0.05, 0) is 74.2 Å². The molecule has 0 atom stereocenters. The summed E-state index contributed by atoms with van der Waals surface area (Å²) >= 11 is 0. The second-order valence-electron chi connectivity index (χ2n) is 7.39. The highest BCUT2D eigenvalue weighted by atomic mass is 16.2. The third-order valence-electron chi connectivity index (χ3n) is 5.40. The summed E-state index contributed by atoms with van der Waals surface area (Å²) in [6.45, 7) is 4.30. The Hall–Kier alpha value is -3.02. The van der Waals surface area contributed by atoms with Crippen molar-refractivity contribution in [2.75, 3.05) is 46.6 Å². The fraction of sp³-hybridized carbons (Fsp3) is 0.364. The van der Waals surface area contributed by atoms with Crippen molar-refractivity contribution in [1.29, 1.82) is 0 Å². The van der Waals surface area contributed by atoms with Gasteiger partial charge in [0.25, 0.3) is 0 Å². The van der Waals surface area contributed by atoms with E-state index >= 15 is 0 Å². The molecule has 146 valence electrons. The number of benzene rings is 2. The molecule has 2 aliphatic rings. The van der Waals surface area contributed by atoms with Crippen molar-refractivity contribution in [3.05, 3.63) is 48.5 Å². The lowest BCUT2D eigenvalue weighted by molar-refractivity contribution is -0.132. The fourth-order valence-electron chi connectivity index (χ4n) is 3.84. The fourth-order valence-corrected chi connectivity index (χ4v) is 3.84. The molecule has 2 aromatic carbocycles. The van der Waals surface area contributed by atoms with Crippen molar-refractivity contribution >= 4 is 34.6 Å². The molecule has 2 aromatic rings. The number of rotatable bonds is 4. The highest BCUT2D eigenvalue weighted by Gasteiger charge is 2.16. The molecule has 6 heteroatoms. The molecular weight excluding hydrogens is 352 g/mol. The number of anilines is 4. The summed E-state index contributed by atoms with van der Waals surface area (Å²) < 4.78 is 0. The highest BCUT2D eigenvalue weighted by molar-refractivity contribution is 6.43. The molecule has 6 nitrogen and oxygen atoms in total. The number of nitrogens with one attached hydrogen (secondary N) is 2. The Morgan fingerprint density at radius 1 is 0.571 bits per heavy atom. The quantitative estimate of drug-likeness (QED) is 0.800. The highest BCUT2D eigenvalue weighted by Crippen LogP contribution is 2.23. The van der Waals surface area contributed by atoms with Gasteiger partial charge in [-0.25, -0.2) is 0 Å². The van der Waals surface area contributed by atoms with Crippen LogP contribution in [0.1, 0.15) is 25.7 Å². The Kier molecular flexibility index (Phi) is 5.46. The van der Waals surface area contributed by atoms with E-state index in [9.17, 15) is 9.59 Å². The van der Waals surface area contributed by atoms with Crippen LogP contribution in [0.4, 0.5) is 22.7 Å². The lowest BCUT2D eigenvalue weighted by Gasteiger charge is -2.18. The molecule has 2 heterocycles. The maximum absolute atomic E-state index is 12.2. The van der Waals surface area contributed by atoms with Gasteiger partial charge in [0.2, 0.25) is 0 Å². The van der Waals surface area contributed by atoms with Crippen LogP contribution in [-0.4, -0.2) is 38.0 Å². The molecule has 0 aliphatic carbocycles. The molecule has 2 amide bonds. The molecule has 0 aromatic heterocycles. The zero-order chi connectivity index (χ0) is 19.3. The first-order chi connectivity index (χ1) is 13.7. The molecule has 0 saturated carbocycles. The summed E-state index contributed by atoms with van der Waals surface area (Å²) in [4.78, 5) is 29.0. The van der Waals surface area contributed by atoms with E-state index in [2.05, 4.69) is 20.4 Å². The summed E-state index contributed by atoms with van der Waals surface area (Å²) in [5, 5.41) is 5.32. The smallest absolute Gasteiger partial charge is 0.314 e. The number of carbonyl (C=O) groups is 2. The number of amides is 2. The van der Waals surface area contributed by atoms with Crippen molar-refractivity contribution in [3.8, 4) is 0 Å². The first-order valence-corrected chi connectivity index (χ1v) is 10.0. The Balaban J connectivity index is 1.31. The first-order valence-electron chi connectivity index (χ1n) is 10.0. The van der Waals surface area contributed by atoms with Crippen LogP contribution in [0.15, 0.2) is 48.5 Å². The van der Waals surface area contributed by atoms with Crippen LogP contribution in [0.5, 0.6) is 0 Å². The molecule has 28 heavy (non-hydrogen) atoms. The number of carbonyl (C=O) groups excluding carboxylic acids is 2. The Labute approximate surface area is 165 Å². The molecule has 2 saturated heterocycles. The van der Waals surface area contributed by atoms with Gasteiger partial charge in [0, 0.05) is 48.9 Å². The second kappa shape index (κ2) is 8.33. The van der Waals surface area contributed by atoms with Crippen LogP contribution in [0.2, 0.25) is 0 Å². The van der Waals surface area contributed by atoms with E-state index in [4.69, 9.17) is 0 Å². The van der Waals surface area contributed by atoms with Crippen LogP contribution in [0.3, 0.4) is 0 Å². The molecule has 0 bridgehead atoms. The summed E-state index contributed by atoms with van der Waals surface area (Å²) in [5.74, 6) is -1.34. The van der Waals surface area contributed by atoms with Crippen LogP contribution in [0.25, 0.3) is 0 Å². The molecule has 0 unspecified atom stereocenters. The third kappa shape index (κ3) is 4.27. The molecule has 2 fully saturated rings. The van der Waals surface area contributed by atoms with Gasteiger partial charge in [-0.3, -0.25) is 9.59 Å². The van der Waals surface area contributed by atoms with Gasteiger partial charge >= 0.3 is 11.8 Å². The molecule has 0 spiro atoms. The van der Waals surface area contributed by atoms with Gasteiger partial charge in [0.1, 0.15) is 0 Å². The topological polar surface area (TPSA) is 64.7 Å². The van der Waals surface area contributed by atoms with Gasteiger partial charge in [0.05, 0.1) is 0 Å². The lowest BCUT2D eigenvalue weighted by atomic mass is 10.2. The average molecular weight is 378 g/mol. The van der Waals surface area contributed by atoms with Gasteiger partial charge in [-0.1, -0.05) is 0 Å². The number of hydrogen-bond donors (Lipinski definition) is 2. The van der Waals surface area contributed by atoms with Crippen molar-refractivity contribution in [2.24, 2.45) is 0 Å². The van der Waals surface area contributed by atoms with E-state index in [1.165, 1.54) is 25.7 Å². The third-order valence-corrected chi connectivity index (χ3v) is 5.40. The second-order valence-corrected chi connectivity index (χ2v) is 7.39. The van der Waals surface area contributed by atoms with Gasteiger partial charge in [-0.15, -0.1) is 0 Å². The van der Waals surface area contributed by atoms with Gasteiger partial charge < -0.3 is 20.4 Å². The van der Waals surface area contributed by atoms with Crippen molar-refractivity contribution in [3.63, 3.8) is 0 Å². The zero-order valence-electron chi connectivity index (χ0n) is 16.0. The minimum atomic E-state index is -0.669. The molecule has 2 N–H and O–H groups in total. The van der Waals surface area contributed by atoms with Crippen LogP contribution in [0, 0.1) is 0 Å². The first kappa shape index (κ1) is 18.3. The Morgan fingerprint density at radius 2 is 0.893 bits per heavy atom. The predicted molar refractivity (Wildman–Crippen MR) is 113 cm³/mol. The van der Waals surface area contributed by atoms with Crippen LogP contribution < -0.4 is 20.4 Å². The van der Waals surface area contributed by atoms with E-state index in [0.29, 0.717) is 11.4 Å². The Bertz CT molecular complexity index is 749. The van der Waals surface area contributed by atoms with Gasteiger partial charge in [-0.2, -0.15) is 0 Å². The van der Waals surface area contributed by atoms with Crippen LogP contribution in [-0.2, 0) is 9.59 Å². The SMILES string of the molecule is O=C(Nc1ccc(N2CCCC2)cc1)C(=O)Nc1ccc(N2CCCC2)cc1. The summed E-state index contributed by atoms with van der Waals surface area (Å²) in [7, 11) is 0. The lowest BCUT2D eigenvalue weighted by Crippen LogP contribution is -2.29. The minimum absolute atomic E-state index is 0.618. The van der Waals surface area contributed by atoms with E-state index in [1.807, 2.05) is 48.5 Å².